The molecule has 3 heterocycles. The number of hydrogen-bond acceptors (Lipinski definition) is 3. The predicted octanol–water partition coefficient (Wildman–Crippen LogP) is 4.63. The van der Waals surface area contributed by atoms with Gasteiger partial charge in [0.25, 0.3) is 0 Å². The lowest BCUT2D eigenvalue weighted by Gasteiger charge is -2.49. The molecule has 26 heavy (non-hydrogen) atoms. The third-order valence-electron chi connectivity index (χ3n) is 7.71. The van der Waals surface area contributed by atoms with Gasteiger partial charge in [-0.2, -0.15) is 0 Å². The number of carbonyl (C=O) groups excluding carboxylic acids is 1. The van der Waals surface area contributed by atoms with E-state index in [4.69, 9.17) is 4.74 Å². The summed E-state index contributed by atoms with van der Waals surface area (Å²) >= 11 is 0. The van der Waals surface area contributed by atoms with Crippen LogP contribution < -0.4 is 4.90 Å². The number of ether oxygens (including phenoxy) is 1. The Hall–Kier alpha value is -2.03. The molecule has 0 radical (unpaired) electrons. The SMILES string of the molecule is O=C1C=CC2=C3N(CC4(CCCC4)C2O1)c1ccccc1C31CCCC1. The maximum absolute atomic E-state index is 12.1. The van der Waals surface area contributed by atoms with Gasteiger partial charge in [0, 0.05) is 40.4 Å². The molecule has 3 aliphatic heterocycles. The Labute approximate surface area is 154 Å². The molecule has 3 heteroatoms. The molecule has 1 unspecified atom stereocenters. The zero-order valence-corrected chi connectivity index (χ0v) is 15.2. The number of esters is 1. The average molecular weight is 347 g/mol. The monoisotopic (exact) mass is 347 g/mol. The Morgan fingerprint density at radius 3 is 2.50 bits per heavy atom. The molecule has 1 aromatic rings. The second-order valence-corrected chi connectivity index (χ2v) is 8.92. The van der Waals surface area contributed by atoms with Crippen molar-refractivity contribution in [2.75, 3.05) is 11.4 Å². The van der Waals surface area contributed by atoms with Crippen LogP contribution in [0.2, 0.25) is 0 Å². The third-order valence-corrected chi connectivity index (χ3v) is 7.71. The van der Waals surface area contributed by atoms with Gasteiger partial charge in [0.1, 0.15) is 6.10 Å². The third kappa shape index (κ3) is 1.72. The van der Waals surface area contributed by atoms with Gasteiger partial charge >= 0.3 is 5.97 Å². The Bertz CT molecular complexity index is 853. The largest absolute Gasteiger partial charge is 0.454 e. The van der Waals surface area contributed by atoms with Crippen molar-refractivity contribution in [1.29, 1.82) is 0 Å². The van der Waals surface area contributed by atoms with Gasteiger partial charge in [-0.05, 0) is 43.4 Å². The number of para-hydroxylation sites is 1. The Morgan fingerprint density at radius 1 is 0.962 bits per heavy atom. The van der Waals surface area contributed by atoms with Crippen LogP contribution in [0.15, 0.2) is 47.7 Å². The van der Waals surface area contributed by atoms with Crippen molar-refractivity contribution in [3.05, 3.63) is 53.3 Å². The van der Waals surface area contributed by atoms with Crippen LogP contribution in [0.3, 0.4) is 0 Å². The Balaban J connectivity index is 1.64. The minimum absolute atomic E-state index is 0.0412. The fourth-order valence-corrected chi connectivity index (χ4v) is 6.72. The molecule has 1 aromatic carbocycles. The molecule has 3 nitrogen and oxygen atoms in total. The van der Waals surface area contributed by atoms with E-state index in [1.807, 2.05) is 0 Å². The Kier molecular flexibility index (Phi) is 2.91. The van der Waals surface area contributed by atoms with Gasteiger partial charge in [-0.3, -0.25) is 0 Å². The molecule has 134 valence electrons. The van der Waals surface area contributed by atoms with Gasteiger partial charge in [-0.1, -0.05) is 43.9 Å². The molecule has 2 saturated carbocycles. The van der Waals surface area contributed by atoms with Gasteiger partial charge in [0.05, 0.1) is 0 Å². The first-order valence-corrected chi connectivity index (χ1v) is 10.2. The minimum Gasteiger partial charge on any atom is -0.454 e. The summed E-state index contributed by atoms with van der Waals surface area (Å²) < 4.78 is 6.03. The van der Waals surface area contributed by atoms with E-state index >= 15 is 0 Å². The van der Waals surface area contributed by atoms with E-state index in [0.717, 1.165) is 6.54 Å². The highest BCUT2D eigenvalue weighted by Gasteiger charge is 2.58. The van der Waals surface area contributed by atoms with E-state index < -0.39 is 0 Å². The summed E-state index contributed by atoms with van der Waals surface area (Å²) in [5.74, 6) is -0.157. The highest BCUT2D eigenvalue weighted by molar-refractivity contribution is 5.86. The van der Waals surface area contributed by atoms with Gasteiger partial charge in [-0.25, -0.2) is 4.79 Å². The summed E-state index contributed by atoms with van der Waals surface area (Å²) in [6.07, 6.45) is 13.6. The first-order valence-electron chi connectivity index (χ1n) is 10.2. The van der Waals surface area contributed by atoms with Crippen LogP contribution in [0.25, 0.3) is 0 Å². The van der Waals surface area contributed by atoms with E-state index in [1.165, 1.54) is 73.9 Å². The summed E-state index contributed by atoms with van der Waals surface area (Å²) in [6.45, 7) is 1.01. The molecule has 0 saturated heterocycles. The summed E-state index contributed by atoms with van der Waals surface area (Å²) in [4.78, 5) is 14.8. The van der Waals surface area contributed by atoms with Crippen LogP contribution in [-0.4, -0.2) is 18.6 Å². The molecule has 0 bridgehead atoms. The van der Waals surface area contributed by atoms with Crippen LogP contribution >= 0.6 is 0 Å². The van der Waals surface area contributed by atoms with Gasteiger partial charge in [0.15, 0.2) is 0 Å². The molecule has 2 spiro atoms. The van der Waals surface area contributed by atoms with Gasteiger partial charge < -0.3 is 9.64 Å². The van der Waals surface area contributed by atoms with Crippen molar-refractivity contribution in [2.45, 2.75) is 62.9 Å². The van der Waals surface area contributed by atoms with Crippen LogP contribution in [0.5, 0.6) is 0 Å². The first kappa shape index (κ1) is 15.1. The highest BCUT2D eigenvalue weighted by atomic mass is 16.5. The predicted molar refractivity (Wildman–Crippen MR) is 101 cm³/mol. The minimum atomic E-state index is -0.157. The highest BCUT2D eigenvalue weighted by Crippen LogP contribution is 2.62. The topological polar surface area (TPSA) is 29.5 Å². The van der Waals surface area contributed by atoms with Crippen LogP contribution in [-0.2, 0) is 14.9 Å². The van der Waals surface area contributed by atoms with Gasteiger partial charge in [-0.15, -0.1) is 0 Å². The number of allylic oxidation sites excluding steroid dienone is 1. The van der Waals surface area contributed by atoms with Crippen molar-refractivity contribution < 1.29 is 9.53 Å². The van der Waals surface area contributed by atoms with Crippen LogP contribution in [0.1, 0.15) is 56.9 Å². The van der Waals surface area contributed by atoms with E-state index in [2.05, 4.69) is 35.2 Å². The first-order chi connectivity index (χ1) is 12.7. The van der Waals surface area contributed by atoms with E-state index in [-0.39, 0.29) is 22.9 Å². The zero-order valence-electron chi connectivity index (χ0n) is 15.2. The fraction of sp³-hybridized carbons (Fsp3) is 0.522. The lowest BCUT2D eigenvalue weighted by Crippen LogP contribution is -2.53. The van der Waals surface area contributed by atoms with E-state index in [1.54, 1.807) is 6.08 Å². The molecule has 0 amide bonds. The second kappa shape index (κ2) is 5.03. The molecule has 5 aliphatic rings. The molecule has 2 aliphatic carbocycles. The standard InChI is InChI=1S/C23H25NO2/c25-19-10-9-16-20-23(13-5-6-14-23)17-7-1-2-8-18(17)24(20)15-22(21(16)26-19)11-3-4-12-22/h1-2,7-10,21H,3-6,11-15H2. The quantitative estimate of drug-likeness (QED) is 0.641. The van der Waals surface area contributed by atoms with Crippen molar-refractivity contribution in [3.8, 4) is 0 Å². The maximum Gasteiger partial charge on any atom is 0.331 e. The maximum atomic E-state index is 12.1. The molecular weight excluding hydrogens is 322 g/mol. The Morgan fingerprint density at radius 2 is 1.69 bits per heavy atom. The number of fused-ring (bicyclic) bond motifs is 7. The molecule has 6 rings (SSSR count). The number of anilines is 1. The summed E-state index contributed by atoms with van der Waals surface area (Å²) in [7, 11) is 0. The summed E-state index contributed by atoms with van der Waals surface area (Å²) in [5, 5.41) is 0. The number of hydrogen-bond donors (Lipinski definition) is 0. The lowest BCUT2D eigenvalue weighted by molar-refractivity contribution is -0.148. The van der Waals surface area contributed by atoms with Gasteiger partial charge in [0.2, 0.25) is 0 Å². The van der Waals surface area contributed by atoms with Crippen LogP contribution in [0, 0.1) is 5.41 Å². The molecule has 2 fully saturated rings. The lowest BCUT2D eigenvalue weighted by atomic mass is 9.68. The molecule has 1 atom stereocenters. The van der Waals surface area contributed by atoms with E-state index in [9.17, 15) is 4.79 Å². The average Bonchev–Trinajstić information content (AvgIpc) is 3.38. The number of benzene rings is 1. The molecule has 0 aromatic heterocycles. The normalized spacial score (nSPS) is 29.9. The summed E-state index contributed by atoms with van der Waals surface area (Å²) in [5.41, 5.74) is 5.92. The second-order valence-electron chi connectivity index (χ2n) is 8.92. The molecule has 0 N–H and O–H groups in total. The van der Waals surface area contributed by atoms with Crippen LogP contribution in [0.4, 0.5) is 5.69 Å². The van der Waals surface area contributed by atoms with Crippen molar-refractivity contribution in [2.24, 2.45) is 5.41 Å². The zero-order chi connectivity index (χ0) is 17.4. The van der Waals surface area contributed by atoms with Crippen molar-refractivity contribution in [3.63, 3.8) is 0 Å². The number of rotatable bonds is 0. The summed E-state index contributed by atoms with van der Waals surface area (Å²) in [6, 6.07) is 9.03. The molecular formula is C23H25NO2. The number of nitrogens with zero attached hydrogens (tertiary/aromatic N) is 1. The number of carbonyl (C=O) groups is 1. The fourth-order valence-electron chi connectivity index (χ4n) is 6.72. The van der Waals surface area contributed by atoms with Crippen molar-refractivity contribution >= 4 is 11.7 Å². The van der Waals surface area contributed by atoms with Crippen molar-refractivity contribution in [1.82, 2.24) is 0 Å². The van der Waals surface area contributed by atoms with E-state index in [0.29, 0.717) is 0 Å². The smallest absolute Gasteiger partial charge is 0.331 e.